The molecule has 3 fully saturated rings. The Hall–Kier alpha value is -6.38. The van der Waals surface area contributed by atoms with Gasteiger partial charge < -0.3 is 34.5 Å². The number of imide groups is 1. The molecule has 1 aromatic heterocycles. The van der Waals surface area contributed by atoms with E-state index in [4.69, 9.17) is 14.2 Å². The number of nitrogens with one attached hydrogen (secondary N) is 2. The molecule has 3 aliphatic rings. The van der Waals surface area contributed by atoms with E-state index in [9.17, 15) is 24.3 Å². The summed E-state index contributed by atoms with van der Waals surface area (Å²) in [5.74, 6) is -0.845. The third kappa shape index (κ3) is 9.09. The Bertz CT molecular complexity index is 2620. The quantitative estimate of drug-likeness (QED) is 0.109. The zero-order chi connectivity index (χ0) is 43.5. The highest BCUT2D eigenvalue weighted by Gasteiger charge is 2.41. The van der Waals surface area contributed by atoms with Gasteiger partial charge in [-0.3, -0.25) is 19.1 Å². The molecule has 3 aliphatic heterocycles. The number of amides is 3. The fraction of sp³-hybridized carbons (Fsp3) is 0.320. The number of benzene rings is 5. The van der Waals surface area contributed by atoms with E-state index >= 15 is 0 Å². The van der Waals surface area contributed by atoms with Gasteiger partial charge in [-0.15, -0.1) is 0 Å². The van der Waals surface area contributed by atoms with Gasteiger partial charge >= 0.3 is 11.8 Å². The molecule has 5 atom stereocenters. The summed E-state index contributed by atoms with van der Waals surface area (Å²) in [4.78, 5) is 58.7. The molecule has 0 bridgehead atoms. The summed E-state index contributed by atoms with van der Waals surface area (Å²) >= 11 is 0. The molecule has 3 N–H and O–H groups in total. The smallest absolute Gasteiger partial charge is 0.408 e. The molecule has 1 unspecified atom stereocenters. The van der Waals surface area contributed by atoms with Gasteiger partial charge in [-0.05, 0) is 58.4 Å². The molecule has 4 heterocycles. The average molecular weight is 850 g/mol. The number of nitrogens with zero attached hydrogens (tertiary/aromatic N) is 3. The maximum Gasteiger partial charge on any atom is 0.408 e. The number of hydrogen-bond acceptors (Lipinski definition) is 9. The van der Waals surface area contributed by atoms with E-state index in [0.29, 0.717) is 6.54 Å². The van der Waals surface area contributed by atoms with Crippen LogP contribution in [0.4, 0.5) is 4.79 Å². The van der Waals surface area contributed by atoms with Crippen LogP contribution in [0.1, 0.15) is 72.4 Å². The van der Waals surface area contributed by atoms with Gasteiger partial charge in [-0.1, -0.05) is 122 Å². The van der Waals surface area contributed by atoms with Gasteiger partial charge in [0.15, 0.2) is 6.29 Å². The molecule has 6 aromatic rings. The minimum Gasteiger partial charge on any atom is -0.445 e. The lowest BCUT2D eigenvalue weighted by Gasteiger charge is -2.44. The number of fused-ring (bicyclic) bond motifs is 1. The van der Waals surface area contributed by atoms with Crippen LogP contribution < -0.4 is 11.0 Å². The molecule has 324 valence electrons. The highest BCUT2D eigenvalue weighted by Crippen LogP contribution is 2.43. The topological polar surface area (TPSA) is 155 Å². The van der Waals surface area contributed by atoms with Crippen LogP contribution in [0.2, 0.25) is 0 Å². The molecular weight excluding hydrogens is 799 g/mol. The van der Waals surface area contributed by atoms with Gasteiger partial charge in [0.25, 0.3) is 5.91 Å². The molecule has 13 nitrogen and oxygen atoms in total. The van der Waals surface area contributed by atoms with Crippen molar-refractivity contribution in [1.29, 1.82) is 0 Å². The number of rotatable bonds is 12. The van der Waals surface area contributed by atoms with Gasteiger partial charge in [-0.25, -0.2) is 9.59 Å². The van der Waals surface area contributed by atoms with Crippen molar-refractivity contribution in [3.8, 4) is 11.1 Å². The van der Waals surface area contributed by atoms with Crippen molar-refractivity contribution in [3.05, 3.63) is 166 Å². The molecule has 0 saturated carbocycles. The number of likely N-dealkylation sites (tertiary alicyclic amines) is 2. The van der Waals surface area contributed by atoms with E-state index < -0.39 is 24.3 Å². The van der Waals surface area contributed by atoms with Crippen LogP contribution in [0, 0.1) is 5.92 Å². The Labute approximate surface area is 365 Å². The van der Waals surface area contributed by atoms with Crippen molar-refractivity contribution in [1.82, 2.24) is 24.7 Å². The standard InChI is InChI=1S/C50H51N5O8/c1-32-44(29-53-25-23-39(24-26-53)55-43-14-8-7-13-41(43)51-49(55)59)62-48(63-46(32)36-17-15-33(30-56)16-18-36)37-21-19-35(20-22-37)40-12-6-5-11-38(40)28-54-45(57)27-42(47(54)58)52-50(60)61-31-34-9-3-2-4-10-34/h2-22,32,39,42,44,46,48,56H,23-31H2,1H3,(H,51,59)(H,52,60)/t32-,42?,44+,46+,48+/m1/s1. The highest BCUT2D eigenvalue weighted by atomic mass is 16.7. The first-order chi connectivity index (χ1) is 30.7. The number of para-hydroxylation sites is 2. The van der Waals surface area contributed by atoms with Crippen LogP contribution in [0.5, 0.6) is 0 Å². The van der Waals surface area contributed by atoms with E-state index in [-0.39, 0.29) is 61.9 Å². The Balaban J connectivity index is 0.883. The lowest BCUT2D eigenvalue weighted by atomic mass is 9.89. The van der Waals surface area contributed by atoms with E-state index in [0.717, 1.165) is 75.9 Å². The highest BCUT2D eigenvalue weighted by molar-refractivity contribution is 6.06. The lowest BCUT2D eigenvalue weighted by molar-refractivity contribution is -0.276. The summed E-state index contributed by atoms with van der Waals surface area (Å²) in [5.41, 5.74) is 7.75. The number of H-pyrrole nitrogens is 1. The number of aromatic nitrogens is 2. The SMILES string of the molecule is C[C@@H]1[C@H](CN2CCC(n3c(=O)[nH]c4ccccc43)CC2)O[C@H](c2ccc(-c3ccccc3CN3C(=O)CC(NC(=O)OCc4ccccc4)C3=O)cc2)O[C@@H]1c1ccc(CO)cc1. The van der Waals surface area contributed by atoms with Crippen LogP contribution in [0.3, 0.4) is 0 Å². The second-order valence-electron chi connectivity index (χ2n) is 16.7. The third-order valence-electron chi connectivity index (χ3n) is 12.7. The molecule has 5 aromatic carbocycles. The summed E-state index contributed by atoms with van der Waals surface area (Å²) in [6, 6.07) is 39.7. The van der Waals surface area contributed by atoms with Gasteiger partial charge in [0.05, 0.1) is 42.8 Å². The zero-order valence-corrected chi connectivity index (χ0v) is 35.1. The Morgan fingerprint density at radius 3 is 2.27 bits per heavy atom. The molecule has 3 amide bonds. The van der Waals surface area contributed by atoms with Crippen molar-refractivity contribution in [3.63, 3.8) is 0 Å². The molecule has 0 radical (unpaired) electrons. The fourth-order valence-electron chi connectivity index (χ4n) is 9.18. The molecular formula is C50H51N5O8. The van der Waals surface area contributed by atoms with Crippen LogP contribution in [-0.4, -0.2) is 74.1 Å². The number of aliphatic hydroxyl groups is 1. The minimum atomic E-state index is -1.01. The molecule has 0 spiro atoms. The number of carbonyl (C=O) groups is 3. The van der Waals surface area contributed by atoms with Crippen molar-refractivity contribution in [2.75, 3.05) is 19.6 Å². The first-order valence-electron chi connectivity index (χ1n) is 21.6. The Kier molecular flexibility index (Phi) is 12.3. The number of aliphatic hydroxyl groups excluding tert-OH is 1. The van der Waals surface area contributed by atoms with Crippen LogP contribution >= 0.6 is 0 Å². The molecule has 3 saturated heterocycles. The van der Waals surface area contributed by atoms with Crippen molar-refractivity contribution < 1.29 is 33.7 Å². The number of hydrogen-bond donors (Lipinski definition) is 3. The second-order valence-corrected chi connectivity index (χ2v) is 16.7. The van der Waals surface area contributed by atoms with Crippen LogP contribution in [0.25, 0.3) is 22.2 Å². The first-order valence-corrected chi connectivity index (χ1v) is 21.6. The average Bonchev–Trinajstić information content (AvgIpc) is 3.79. The summed E-state index contributed by atoms with van der Waals surface area (Å²) in [5, 5.41) is 12.3. The minimum absolute atomic E-state index is 0.00655. The van der Waals surface area contributed by atoms with Crippen molar-refractivity contribution in [2.45, 2.75) is 76.5 Å². The molecule has 9 rings (SSSR count). The van der Waals surface area contributed by atoms with Gasteiger partial charge in [0, 0.05) is 37.2 Å². The second kappa shape index (κ2) is 18.5. The number of piperidine rings is 1. The summed E-state index contributed by atoms with van der Waals surface area (Å²) < 4.78 is 20.8. The number of aromatic amines is 1. The van der Waals surface area contributed by atoms with Crippen molar-refractivity contribution in [2.24, 2.45) is 5.92 Å². The Morgan fingerprint density at radius 2 is 1.51 bits per heavy atom. The number of alkyl carbamates (subject to hydrolysis) is 1. The fourth-order valence-corrected chi connectivity index (χ4v) is 9.18. The maximum absolute atomic E-state index is 13.4. The normalized spacial score (nSPS) is 22.1. The van der Waals surface area contributed by atoms with E-state index in [1.54, 1.807) is 0 Å². The van der Waals surface area contributed by atoms with E-state index in [2.05, 4.69) is 22.1 Å². The van der Waals surface area contributed by atoms with Gasteiger partial charge in [-0.2, -0.15) is 0 Å². The van der Waals surface area contributed by atoms with E-state index in [1.807, 2.05) is 132 Å². The lowest BCUT2D eigenvalue weighted by Crippen LogP contribution is -2.47. The predicted molar refractivity (Wildman–Crippen MR) is 236 cm³/mol. The zero-order valence-electron chi connectivity index (χ0n) is 35.1. The van der Waals surface area contributed by atoms with Crippen LogP contribution in [0.15, 0.2) is 132 Å². The Morgan fingerprint density at radius 1 is 0.810 bits per heavy atom. The number of ether oxygens (including phenoxy) is 3. The molecule has 13 heteroatoms. The number of imidazole rings is 1. The third-order valence-corrected chi connectivity index (χ3v) is 12.7. The van der Waals surface area contributed by atoms with Gasteiger partial charge in [0.1, 0.15) is 12.6 Å². The monoisotopic (exact) mass is 849 g/mol. The van der Waals surface area contributed by atoms with Crippen molar-refractivity contribution >= 4 is 28.9 Å². The van der Waals surface area contributed by atoms with Crippen LogP contribution in [-0.2, 0) is 43.6 Å². The summed E-state index contributed by atoms with van der Waals surface area (Å²) in [6.07, 6.45) is -0.315. The van der Waals surface area contributed by atoms with E-state index in [1.165, 1.54) is 4.90 Å². The first kappa shape index (κ1) is 41.9. The molecule has 63 heavy (non-hydrogen) atoms. The predicted octanol–water partition coefficient (Wildman–Crippen LogP) is 7.17. The maximum atomic E-state index is 13.4. The number of carbonyl (C=O) groups excluding carboxylic acids is 3. The molecule has 0 aliphatic carbocycles. The van der Waals surface area contributed by atoms with Gasteiger partial charge in [0.2, 0.25) is 5.91 Å². The summed E-state index contributed by atoms with van der Waals surface area (Å²) in [7, 11) is 0. The summed E-state index contributed by atoms with van der Waals surface area (Å²) in [6.45, 7) is 4.57. The largest absolute Gasteiger partial charge is 0.445 e.